The minimum Gasteiger partial charge on any atom is -0.340 e. The number of H-pyrrole nitrogens is 1. The number of aryl methyl sites for hydroxylation is 1. The van der Waals surface area contributed by atoms with Crippen LogP contribution in [0.1, 0.15) is 25.1 Å². The largest absolute Gasteiger partial charge is 0.340 e. The van der Waals surface area contributed by atoms with E-state index in [1.807, 2.05) is 13.0 Å². The molecule has 0 fully saturated rings. The van der Waals surface area contributed by atoms with Crippen LogP contribution in [-0.2, 0) is 4.74 Å². The fourth-order valence-corrected chi connectivity index (χ4v) is 2.21. The predicted octanol–water partition coefficient (Wildman–Crippen LogP) is 1.83. The van der Waals surface area contributed by atoms with Crippen LogP contribution >= 0.6 is 11.6 Å². The molecular formula is C13H15ClN2O3. The van der Waals surface area contributed by atoms with Gasteiger partial charge in [-0.1, -0.05) is 18.5 Å². The van der Waals surface area contributed by atoms with E-state index in [1.54, 1.807) is 19.1 Å². The lowest BCUT2D eigenvalue weighted by atomic mass is 10.0. The Bertz CT molecular complexity index is 644. The third kappa shape index (κ3) is 2.57. The quantitative estimate of drug-likeness (QED) is 0.860. The minimum absolute atomic E-state index is 0.384. The van der Waals surface area contributed by atoms with Crippen molar-refractivity contribution in [2.45, 2.75) is 32.1 Å². The third-order valence-electron chi connectivity index (χ3n) is 3.20. The van der Waals surface area contributed by atoms with Crippen LogP contribution in [0.2, 0.25) is 0 Å². The van der Waals surface area contributed by atoms with E-state index in [9.17, 15) is 9.59 Å². The van der Waals surface area contributed by atoms with E-state index >= 15 is 0 Å². The van der Waals surface area contributed by atoms with Gasteiger partial charge in [-0.05, 0) is 31.6 Å². The van der Waals surface area contributed by atoms with Crippen LogP contribution in [0, 0.1) is 6.92 Å². The molecule has 2 rings (SSSR count). The molecule has 1 aromatic heterocycles. The Morgan fingerprint density at radius 1 is 1.58 bits per heavy atom. The Morgan fingerprint density at radius 3 is 2.95 bits per heavy atom. The second kappa shape index (κ2) is 5.19. The molecule has 6 heteroatoms. The summed E-state index contributed by atoms with van der Waals surface area (Å²) in [7, 11) is 0. The number of rotatable bonds is 3. The number of aromatic nitrogens is 2. The van der Waals surface area contributed by atoms with Crippen molar-refractivity contribution in [2.24, 2.45) is 0 Å². The molecule has 1 aliphatic heterocycles. The third-order valence-corrected chi connectivity index (χ3v) is 3.33. The van der Waals surface area contributed by atoms with E-state index in [0.717, 1.165) is 0 Å². The fourth-order valence-electron chi connectivity index (χ4n) is 1.99. The smallest absolute Gasteiger partial charge is 0.330 e. The van der Waals surface area contributed by atoms with Gasteiger partial charge in [0, 0.05) is 17.3 Å². The summed E-state index contributed by atoms with van der Waals surface area (Å²) in [5.74, 6) is 0. The number of nitrogens with zero attached hydrogens (tertiary/aromatic N) is 1. The number of aromatic amines is 1. The van der Waals surface area contributed by atoms with Crippen LogP contribution < -0.4 is 11.2 Å². The van der Waals surface area contributed by atoms with Gasteiger partial charge < -0.3 is 4.74 Å². The molecule has 0 aromatic carbocycles. The summed E-state index contributed by atoms with van der Waals surface area (Å²) in [6.45, 7) is 3.60. The van der Waals surface area contributed by atoms with Crippen molar-refractivity contribution in [1.29, 1.82) is 0 Å². The van der Waals surface area contributed by atoms with E-state index in [0.29, 0.717) is 12.0 Å². The molecule has 0 radical (unpaired) electrons. The van der Waals surface area contributed by atoms with E-state index < -0.39 is 17.5 Å². The molecule has 0 amide bonds. The summed E-state index contributed by atoms with van der Waals surface area (Å²) in [5, 5.41) is 0. The van der Waals surface area contributed by atoms with Crippen LogP contribution in [0.15, 0.2) is 39.5 Å². The van der Waals surface area contributed by atoms with Crippen molar-refractivity contribution in [3.8, 4) is 0 Å². The molecule has 1 N–H and O–H groups in total. The summed E-state index contributed by atoms with van der Waals surface area (Å²) in [6, 6.07) is 0. The molecule has 0 bridgehead atoms. The SMILES string of the molecule is CC[C@]1(/C=C\Cl)C=C[C@H](n2cc(C)c(=O)[nH]c2=O)O1. The molecule has 2 heterocycles. The maximum absolute atomic E-state index is 11.8. The summed E-state index contributed by atoms with van der Waals surface area (Å²) in [4.78, 5) is 25.4. The topological polar surface area (TPSA) is 64.1 Å². The molecule has 2 atom stereocenters. The van der Waals surface area contributed by atoms with Gasteiger partial charge in [0.25, 0.3) is 5.56 Å². The van der Waals surface area contributed by atoms with Crippen molar-refractivity contribution in [1.82, 2.24) is 9.55 Å². The first-order valence-electron chi connectivity index (χ1n) is 5.98. The molecule has 19 heavy (non-hydrogen) atoms. The zero-order valence-electron chi connectivity index (χ0n) is 10.7. The molecule has 0 unspecified atom stereocenters. The summed E-state index contributed by atoms with van der Waals surface area (Å²) < 4.78 is 7.21. The molecule has 0 aliphatic carbocycles. The van der Waals surface area contributed by atoms with E-state index in [4.69, 9.17) is 16.3 Å². The molecule has 1 aromatic rings. The van der Waals surface area contributed by atoms with Gasteiger partial charge in [-0.2, -0.15) is 0 Å². The predicted molar refractivity (Wildman–Crippen MR) is 73.3 cm³/mol. The molecule has 5 nitrogen and oxygen atoms in total. The van der Waals surface area contributed by atoms with Crippen LogP contribution in [0.3, 0.4) is 0 Å². The monoisotopic (exact) mass is 282 g/mol. The maximum atomic E-state index is 11.8. The molecule has 102 valence electrons. The summed E-state index contributed by atoms with van der Waals surface area (Å²) in [6.07, 6.45) is 7.01. The summed E-state index contributed by atoms with van der Waals surface area (Å²) >= 11 is 5.61. The van der Waals surface area contributed by atoms with Crippen LogP contribution in [0.25, 0.3) is 0 Å². The first-order valence-corrected chi connectivity index (χ1v) is 6.42. The first-order chi connectivity index (χ1) is 9.01. The summed E-state index contributed by atoms with van der Waals surface area (Å²) in [5.41, 5.74) is 0.378. The zero-order chi connectivity index (χ0) is 14.0. The molecular weight excluding hydrogens is 268 g/mol. The van der Waals surface area contributed by atoms with E-state index in [-0.39, 0.29) is 5.56 Å². The van der Waals surface area contributed by atoms with Gasteiger partial charge in [0.05, 0.1) is 0 Å². The number of halogens is 1. The highest BCUT2D eigenvalue weighted by Gasteiger charge is 2.32. The normalized spacial score (nSPS) is 26.4. The highest BCUT2D eigenvalue weighted by Crippen LogP contribution is 2.32. The highest BCUT2D eigenvalue weighted by molar-refractivity contribution is 6.25. The average molecular weight is 283 g/mol. The fraction of sp³-hybridized carbons (Fsp3) is 0.385. The Morgan fingerprint density at radius 2 is 2.32 bits per heavy atom. The van der Waals surface area contributed by atoms with Crippen LogP contribution in [0.4, 0.5) is 0 Å². The lowest BCUT2D eigenvalue weighted by Crippen LogP contribution is -2.35. The maximum Gasteiger partial charge on any atom is 0.330 e. The van der Waals surface area contributed by atoms with Gasteiger partial charge in [-0.25, -0.2) is 4.79 Å². The number of ether oxygens (including phenoxy) is 1. The van der Waals surface area contributed by atoms with E-state index in [1.165, 1.54) is 16.3 Å². The van der Waals surface area contributed by atoms with Gasteiger partial charge in [0.15, 0.2) is 6.23 Å². The molecule has 0 saturated carbocycles. The van der Waals surface area contributed by atoms with Crippen molar-refractivity contribution in [3.05, 3.63) is 56.4 Å². The Hall–Kier alpha value is -1.59. The van der Waals surface area contributed by atoms with Gasteiger partial charge in [-0.3, -0.25) is 14.3 Å². The number of hydrogen-bond donors (Lipinski definition) is 1. The van der Waals surface area contributed by atoms with Gasteiger partial charge in [0.2, 0.25) is 0 Å². The highest BCUT2D eigenvalue weighted by atomic mass is 35.5. The second-order valence-corrected chi connectivity index (χ2v) is 4.70. The van der Waals surface area contributed by atoms with Crippen molar-refractivity contribution < 1.29 is 4.74 Å². The van der Waals surface area contributed by atoms with Gasteiger partial charge in [0.1, 0.15) is 5.60 Å². The van der Waals surface area contributed by atoms with Gasteiger partial charge >= 0.3 is 5.69 Å². The zero-order valence-corrected chi connectivity index (χ0v) is 11.5. The first kappa shape index (κ1) is 13.8. The Balaban J connectivity index is 2.37. The van der Waals surface area contributed by atoms with Gasteiger partial charge in [-0.15, -0.1) is 0 Å². The molecule has 1 aliphatic rings. The standard InChI is InChI=1S/C13H15ClN2O3/c1-3-13(6-7-14)5-4-10(19-13)16-8-9(2)11(17)15-12(16)18/h4-8,10H,3H2,1-2H3,(H,15,17,18)/b7-6-/t10-,13-/m1/s1. The Kier molecular flexibility index (Phi) is 3.78. The average Bonchev–Trinajstić information content (AvgIpc) is 2.79. The second-order valence-electron chi connectivity index (χ2n) is 4.45. The Labute approximate surface area is 115 Å². The van der Waals surface area contributed by atoms with Crippen molar-refractivity contribution in [3.63, 3.8) is 0 Å². The lowest BCUT2D eigenvalue weighted by molar-refractivity contribution is -0.0312. The van der Waals surface area contributed by atoms with Crippen LogP contribution in [0.5, 0.6) is 0 Å². The number of hydrogen-bond acceptors (Lipinski definition) is 3. The number of nitrogens with one attached hydrogen (secondary N) is 1. The lowest BCUT2D eigenvalue weighted by Gasteiger charge is -2.24. The molecule has 0 spiro atoms. The van der Waals surface area contributed by atoms with E-state index in [2.05, 4.69) is 4.98 Å². The van der Waals surface area contributed by atoms with Crippen LogP contribution in [-0.4, -0.2) is 15.2 Å². The van der Waals surface area contributed by atoms with Crippen molar-refractivity contribution in [2.75, 3.05) is 0 Å². The van der Waals surface area contributed by atoms with Crippen molar-refractivity contribution >= 4 is 11.6 Å². The molecule has 0 saturated heterocycles. The minimum atomic E-state index is -0.601.